The first-order chi connectivity index (χ1) is 12.2. The highest BCUT2D eigenvalue weighted by Crippen LogP contribution is 2.39. The molecule has 26 heavy (non-hydrogen) atoms. The maximum absolute atomic E-state index is 13.5. The molecule has 2 aromatic rings. The second-order valence-corrected chi connectivity index (χ2v) is 8.67. The molecule has 0 radical (unpaired) electrons. The summed E-state index contributed by atoms with van der Waals surface area (Å²) in [6.45, 7) is 5.06. The van der Waals surface area contributed by atoms with E-state index in [0.29, 0.717) is 5.92 Å². The van der Waals surface area contributed by atoms with Gasteiger partial charge in [0.1, 0.15) is 22.0 Å². The van der Waals surface area contributed by atoms with Crippen LogP contribution >= 0.6 is 0 Å². The van der Waals surface area contributed by atoms with Crippen molar-refractivity contribution in [1.29, 1.82) is 0 Å². The molecule has 1 atom stereocenters. The lowest BCUT2D eigenvalue weighted by atomic mass is 10.2. The number of carboxylic acids is 1. The Morgan fingerprint density at radius 3 is 2.38 bits per heavy atom. The fraction of sp³-hybridized carbons (Fsp3) is 0.421. The molecule has 7 heteroatoms. The maximum atomic E-state index is 13.5. The fourth-order valence-corrected chi connectivity index (χ4v) is 5.42. The van der Waals surface area contributed by atoms with Gasteiger partial charge >= 0.3 is 5.97 Å². The van der Waals surface area contributed by atoms with Crippen LogP contribution in [-0.2, 0) is 16.6 Å². The highest BCUT2D eigenvalue weighted by molar-refractivity contribution is 7.89. The summed E-state index contributed by atoms with van der Waals surface area (Å²) in [4.78, 5) is 11.4. The average molecular weight is 377 g/mol. The molecule has 140 valence electrons. The molecule has 1 aromatic heterocycles. The van der Waals surface area contributed by atoms with Gasteiger partial charge in [-0.1, -0.05) is 30.3 Å². The number of rotatable bonds is 7. The van der Waals surface area contributed by atoms with Crippen LogP contribution in [0.3, 0.4) is 0 Å². The predicted molar refractivity (Wildman–Crippen MR) is 96.5 cm³/mol. The molecule has 1 aliphatic rings. The molecular weight excluding hydrogens is 354 g/mol. The number of nitrogens with zero attached hydrogens (tertiary/aromatic N) is 1. The molecule has 1 N–H and O–H groups in total. The largest absolute Gasteiger partial charge is 0.478 e. The minimum Gasteiger partial charge on any atom is -0.478 e. The number of hydrogen-bond donors (Lipinski definition) is 1. The first kappa shape index (κ1) is 18.7. The van der Waals surface area contributed by atoms with Crippen LogP contribution in [0.1, 0.15) is 47.2 Å². The van der Waals surface area contributed by atoms with Gasteiger partial charge in [-0.3, -0.25) is 0 Å². The van der Waals surface area contributed by atoms with Crippen LogP contribution in [0.15, 0.2) is 39.6 Å². The molecule has 1 aromatic carbocycles. The quantitative estimate of drug-likeness (QED) is 0.797. The topological polar surface area (TPSA) is 87.8 Å². The summed E-state index contributed by atoms with van der Waals surface area (Å²) in [6, 6.07) is 9.12. The Labute approximate surface area is 153 Å². The van der Waals surface area contributed by atoms with E-state index in [1.54, 1.807) is 0 Å². The summed E-state index contributed by atoms with van der Waals surface area (Å²) < 4.78 is 33.7. The highest BCUT2D eigenvalue weighted by Gasteiger charge is 2.42. The summed E-state index contributed by atoms with van der Waals surface area (Å²) in [5.74, 6) is -0.778. The summed E-state index contributed by atoms with van der Waals surface area (Å²) >= 11 is 0. The smallest absolute Gasteiger partial charge is 0.340 e. The van der Waals surface area contributed by atoms with E-state index in [1.165, 1.54) is 18.2 Å². The standard InChI is InChI=1S/C19H23NO5S/c1-12(16-9-10-16)20(11-15-7-5-4-6-8-15)26(23,24)18-14(3)25-13(2)17(18)19(21)22/h4-8,12,16H,9-11H2,1-3H3,(H,21,22). The van der Waals surface area contributed by atoms with Gasteiger partial charge in [-0.25, -0.2) is 13.2 Å². The number of aromatic carboxylic acids is 1. The van der Waals surface area contributed by atoms with Crippen molar-refractivity contribution in [2.75, 3.05) is 0 Å². The molecule has 1 aliphatic carbocycles. The Bertz CT molecular complexity index is 913. The molecule has 1 unspecified atom stereocenters. The molecular formula is C19H23NO5S. The van der Waals surface area contributed by atoms with E-state index in [0.717, 1.165) is 18.4 Å². The minimum atomic E-state index is -4.03. The first-order valence-electron chi connectivity index (χ1n) is 8.62. The molecule has 0 aliphatic heterocycles. The Morgan fingerprint density at radius 1 is 1.23 bits per heavy atom. The van der Waals surface area contributed by atoms with Crippen molar-refractivity contribution in [2.45, 2.75) is 51.1 Å². The van der Waals surface area contributed by atoms with Gasteiger partial charge in [0.25, 0.3) is 0 Å². The van der Waals surface area contributed by atoms with Gasteiger partial charge in [0, 0.05) is 12.6 Å². The number of furan rings is 1. The summed E-state index contributed by atoms with van der Waals surface area (Å²) in [5, 5.41) is 9.51. The number of sulfonamides is 1. The second kappa shape index (κ2) is 6.89. The van der Waals surface area contributed by atoms with Crippen LogP contribution in [-0.4, -0.2) is 29.8 Å². The van der Waals surface area contributed by atoms with E-state index >= 15 is 0 Å². The molecule has 0 saturated heterocycles. The van der Waals surface area contributed by atoms with Crippen molar-refractivity contribution >= 4 is 16.0 Å². The van der Waals surface area contributed by atoms with E-state index in [2.05, 4.69) is 0 Å². The third-order valence-corrected chi connectivity index (χ3v) is 7.01. The lowest BCUT2D eigenvalue weighted by molar-refractivity contribution is 0.0691. The Morgan fingerprint density at radius 2 is 1.85 bits per heavy atom. The zero-order valence-electron chi connectivity index (χ0n) is 15.1. The molecule has 3 rings (SSSR count). The Balaban J connectivity index is 2.09. The third kappa shape index (κ3) is 3.41. The van der Waals surface area contributed by atoms with E-state index in [4.69, 9.17) is 4.42 Å². The van der Waals surface area contributed by atoms with Gasteiger partial charge < -0.3 is 9.52 Å². The molecule has 0 spiro atoms. The van der Waals surface area contributed by atoms with Gasteiger partial charge in [0.15, 0.2) is 0 Å². The van der Waals surface area contributed by atoms with Crippen LogP contribution < -0.4 is 0 Å². The van der Waals surface area contributed by atoms with Crippen LogP contribution in [0.2, 0.25) is 0 Å². The monoisotopic (exact) mass is 377 g/mol. The van der Waals surface area contributed by atoms with Crippen molar-refractivity contribution < 1.29 is 22.7 Å². The average Bonchev–Trinajstić information content (AvgIpc) is 3.37. The van der Waals surface area contributed by atoms with E-state index < -0.39 is 16.0 Å². The van der Waals surface area contributed by atoms with Gasteiger partial charge in [0.2, 0.25) is 10.0 Å². The third-order valence-electron chi connectivity index (χ3n) is 4.93. The zero-order valence-corrected chi connectivity index (χ0v) is 15.9. The van der Waals surface area contributed by atoms with Crippen molar-refractivity contribution in [3.05, 3.63) is 53.0 Å². The molecule has 1 fully saturated rings. The fourth-order valence-electron chi connectivity index (χ4n) is 3.36. The highest BCUT2D eigenvalue weighted by atomic mass is 32.2. The predicted octanol–water partition coefficient (Wildman–Crippen LogP) is 3.58. The first-order valence-corrected chi connectivity index (χ1v) is 10.1. The van der Waals surface area contributed by atoms with Crippen molar-refractivity contribution in [3.8, 4) is 0 Å². The lowest BCUT2D eigenvalue weighted by Crippen LogP contribution is -2.40. The van der Waals surface area contributed by atoms with E-state index in [-0.39, 0.29) is 34.6 Å². The maximum Gasteiger partial charge on any atom is 0.340 e. The summed E-state index contributed by atoms with van der Waals surface area (Å²) in [5.41, 5.74) is 0.585. The van der Waals surface area contributed by atoms with Crippen molar-refractivity contribution in [3.63, 3.8) is 0 Å². The number of benzene rings is 1. The van der Waals surface area contributed by atoms with E-state index in [9.17, 15) is 18.3 Å². The number of carbonyl (C=O) groups is 1. The normalized spacial score (nSPS) is 16.0. The van der Waals surface area contributed by atoms with Gasteiger partial charge in [-0.05, 0) is 45.1 Å². The molecule has 1 saturated carbocycles. The number of carboxylic acid groups (broad SMARTS) is 1. The molecule has 6 nitrogen and oxygen atoms in total. The van der Waals surface area contributed by atoms with Crippen LogP contribution in [0.25, 0.3) is 0 Å². The molecule has 1 heterocycles. The Kier molecular flexibility index (Phi) is 4.94. The van der Waals surface area contributed by atoms with Crippen molar-refractivity contribution in [2.24, 2.45) is 5.92 Å². The van der Waals surface area contributed by atoms with Gasteiger partial charge in [-0.15, -0.1) is 0 Å². The number of aryl methyl sites for hydroxylation is 2. The minimum absolute atomic E-state index is 0.104. The summed E-state index contributed by atoms with van der Waals surface area (Å²) in [6.07, 6.45) is 1.97. The van der Waals surface area contributed by atoms with Crippen LogP contribution in [0.5, 0.6) is 0 Å². The van der Waals surface area contributed by atoms with Gasteiger partial charge in [-0.2, -0.15) is 4.31 Å². The van der Waals surface area contributed by atoms with Crippen LogP contribution in [0.4, 0.5) is 0 Å². The Hall–Kier alpha value is -2.12. The van der Waals surface area contributed by atoms with Gasteiger partial charge in [0.05, 0.1) is 0 Å². The lowest BCUT2D eigenvalue weighted by Gasteiger charge is -2.28. The summed E-state index contributed by atoms with van der Waals surface area (Å²) in [7, 11) is -4.03. The SMILES string of the molecule is Cc1oc(C)c(S(=O)(=O)N(Cc2ccccc2)C(C)C2CC2)c1C(=O)O. The second-order valence-electron chi connectivity index (χ2n) is 6.84. The number of hydrogen-bond acceptors (Lipinski definition) is 4. The van der Waals surface area contributed by atoms with Crippen molar-refractivity contribution in [1.82, 2.24) is 4.31 Å². The molecule has 0 bridgehead atoms. The zero-order chi connectivity index (χ0) is 19.1. The van der Waals surface area contributed by atoms with E-state index in [1.807, 2.05) is 37.3 Å². The van der Waals surface area contributed by atoms with Crippen LogP contribution in [0, 0.1) is 19.8 Å². The molecule has 0 amide bonds.